The maximum atomic E-state index is 12.2. The van der Waals surface area contributed by atoms with E-state index in [1.54, 1.807) is 6.92 Å². The third kappa shape index (κ3) is 6.14. The summed E-state index contributed by atoms with van der Waals surface area (Å²) in [5.41, 5.74) is 4.95. The average molecular weight is 385 g/mol. The van der Waals surface area contributed by atoms with Gasteiger partial charge in [0.2, 0.25) is 11.8 Å². The maximum absolute atomic E-state index is 12.2. The van der Waals surface area contributed by atoms with Crippen molar-refractivity contribution in [1.29, 1.82) is 0 Å². The van der Waals surface area contributed by atoms with Crippen molar-refractivity contribution in [3.63, 3.8) is 0 Å². The smallest absolute Gasteiger partial charge is 0.240 e. The number of allylic oxidation sites excluding steroid dienone is 1. The van der Waals surface area contributed by atoms with Crippen molar-refractivity contribution in [3.05, 3.63) is 84.4 Å². The summed E-state index contributed by atoms with van der Waals surface area (Å²) in [5, 5.41) is 8.94. The summed E-state index contributed by atoms with van der Waals surface area (Å²) in [6.45, 7) is 1.80. The van der Waals surface area contributed by atoms with Gasteiger partial charge in [-0.25, -0.2) is 5.43 Å². The van der Waals surface area contributed by atoms with Gasteiger partial charge in [-0.3, -0.25) is 9.59 Å². The van der Waals surface area contributed by atoms with E-state index in [9.17, 15) is 9.59 Å². The lowest BCUT2D eigenvalue weighted by Crippen LogP contribution is -2.21. The van der Waals surface area contributed by atoms with Gasteiger partial charge in [-0.15, -0.1) is 0 Å². The zero-order valence-corrected chi connectivity index (χ0v) is 16.3. The lowest BCUT2D eigenvalue weighted by atomic mass is 10.1. The largest absolute Gasteiger partial charge is 0.326 e. The van der Waals surface area contributed by atoms with Crippen molar-refractivity contribution in [2.75, 3.05) is 5.32 Å². The maximum Gasteiger partial charge on any atom is 0.240 e. The van der Waals surface area contributed by atoms with E-state index >= 15 is 0 Å². The second-order valence-electron chi connectivity index (χ2n) is 6.61. The molecule has 0 radical (unpaired) electrons. The zero-order chi connectivity index (χ0) is 20.5. The summed E-state index contributed by atoms with van der Waals surface area (Å²) >= 11 is 0. The highest BCUT2D eigenvalue weighted by atomic mass is 16.2. The fraction of sp³-hybridized carbons (Fsp3) is 0.125. The summed E-state index contributed by atoms with van der Waals surface area (Å²) in [7, 11) is 0. The molecule has 3 rings (SSSR count). The molecule has 0 bridgehead atoms. The molecule has 0 aliphatic rings. The van der Waals surface area contributed by atoms with Crippen molar-refractivity contribution in [2.45, 2.75) is 19.8 Å². The Bertz CT molecular complexity index is 1050. The molecule has 0 heterocycles. The molecule has 0 unspecified atom stereocenters. The van der Waals surface area contributed by atoms with Crippen molar-refractivity contribution < 1.29 is 9.59 Å². The number of nitrogens with zero attached hydrogens (tertiary/aromatic N) is 1. The second-order valence-corrected chi connectivity index (χ2v) is 6.61. The predicted molar refractivity (Wildman–Crippen MR) is 119 cm³/mol. The Labute approximate surface area is 170 Å². The quantitative estimate of drug-likeness (QED) is 0.454. The summed E-state index contributed by atoms with van der Waals surface area (Å²) in [6, 6.07) is 23.4. The molecule has 0 aromatic heterocycles. The number of hydrogen-bond donors (Lipinski definition) is 2. The van der Waals surface area contributed by atoms with E-state index in [1.165, 1.54) is 0 Å². The van der Waals surface area contributed by atoms with Crippen molar-refractivity contribution in [3.8, 4) is 0 Å². The number of anilines is 1. The summed E-state index contributed by atoms with van der Waals surface area (Å²) in [6.07, 6.45) is 3.89. The molecule has 3 aromatic carbocycles. The topological polar surface area (TPSA) is 70.6 Å². The van der Waals surface area contributed by atoms with Crippen LogP contribution in [0.15, 0.2) is 84.0 Å². The molecule has 0 aliphatic heterocycles. The van der Waals surface area contributed by atoms with Crippen molar-refractivity contribution in [2.24, 2.45) is 5.10 Å². The van der Waals surface area contributed by atoms with E-state index in [0.717, 1.165) is 22.0 Å². The molecule has 3 aromatic rings. The predicted octanol–water partition coefficient (Wildman–Crippen LogP) is 4.76. The van der Waals surface area contributed by atoms with Crippen LogP contribution in [0.4, 0.5) is 5.69 Å². The van der Waals surface area contributed by atoms with Crippen LogP contribution >= 0.6 is 0 Å². The van der Waals surface area contributed by atoms with E-state index in [0.29, 0.717) is 5.71 Å². The van der Waals surface area contributed by atoms with E-state index in [1.807, 2.05) is 84.9 Å². The zero-order valence-electron chi connectivity index (χ0n) is 16.3. The lowest BCUT2D eigenvalue weighted by Gasteiger charge is -2.08. The van der Waals surface area contributed by atoms with E-state index < -0.39 is 0 Å². The third-order valence-corrected chi connectivity index (χ3v) is 4.32. The highest BCUT2D eigenvalue weighted by Crippen LogP contribution is 2.23. The number of carbonyl (C=O) groups excluding carboxylic acids is 2. The fourth-order valence-electron chi connectivity index (χ4n) is 2.80. The van der Waals surface area contributed by atoms with Gasteiger partial charge in [0.05, 0.1) is 5.71 Å². The number of hydrogen-bond acceptors (Lipinski definition) is 3. The minimum absolute atomic E-state index is 0.0653. The minimum Gasteiger partial charge on any atom is -0.326 e. The highest BCUT2D eigenvalue weighted by molar-refractivity contribution is 6.03. The fourth-order valence-corrected chi connectivity index (χ4v) is 2.80. The monoisotopic (exact) mass is 385 g/mol. The van der Waals surface area contributed by atoms with E-state index in [-0.39, 0.29) is 24.7 Å². The normalized spacial score (nSPS) is 11.6. The van der Waals surface area contributed by atoms with Gasteiger partial charge in [0.25, 0.3) is 0 Å². The van der Waals surface area contributed by atoms with Gasteiger partial charge in [0.15, 0.2) is 0 Å². The van der Waals surface area contributed by atoms with E-state index in [4.69, 9.17) is 0 Å². The van der Waals surface area contributed by atoms with Gasteiger partial charge < -0.3 is 5.32 Å². The van der Waals surface area contributed by atoms with Gasteiger partial charge in [0.1, 0.15) is 0 Å². The molecule has 2 N–H and O–H groups in total. The summed E-state index contributed by atoms with van der Waals surface area (Å²) in [4.78, 5) is 24.2. The molecule has 0 saturated heterocycles. The SMILES string of the molecule is CC(/C=C/c1ccccc1)=N/NC(=O)CCC(=O)Nc1cccc2ccccc12. The molecule has 0 fully saturated rings. The number of fused-ring (bicyclic) bond motifs is 1. The average Bonchev–Trinajstić information content (AvgIpc) is 2.76. The Hall–Kier alpha value is -3.73. The van der Waals surface area contributed by atoms with Gasteiger partial charge in [-0.05, 0) is 30.0 Å². The highest BCUT2D eigenvalue weighted by Gasteiger charge is 2.08. The third-order valence-electron chi connectivity index (χ3n) is 4.32. The van der Waals surface area contributed by atoms with Gasteiger partial charge in [-0.1, -0.05) is 72.8 Å². The standard InChI is InChI=1S/C24H23N3O2/c1-18(14-15-19-8-3-2-4-9-19)26-27-24(29)17-16-23(28)25-22-13-7-11-20-10-5-6-12-21(20)22/h2-15H,16-17H2,1H3,(H,25,28)(H,27,29)/b15-14+,26-18-. The molecule has 0 atom stereocenters. The first-order chi connectivity index (χ1) is 14.1. The molecule has 0 aliphatic carbocycles. The number of benzene rings is 3. The van der Waals surface area contributed by atoms with Crippen LogP contribution in [0.1, 0.15) is 25.3 Å². The lowest BCUT2D eigenvalue weighted by molar-refractivity contribution is -0.124. The summed E-state index contributed by atoms with van der Waals surface area (Å²) in [5.74, 6) is -0.508. The van der Waals surface area contributed by atoms with Crippen LogP contribution in [-0.2, 0) is 9.59 Å². The Kier molecular flexibility index (Phi) is 6.90. The van der Waals surface area contributed by atoms with Crippen molar-refractivity contribution >= 4 is 40.1 Å². The number of nitrogens with one attached hydrogen (secondary N) is 2. The Morgan fingerprint density at radius 3 is 2.38 bits per heavy atom. The Morgan fingerprint density at radius 1 is 0.862 bits per heavy atom. The molecular formula is C24H23N3O2. The first-order valence-corrected chi connectivity index (χ1v) is 9.46. The van der Waals surface area contributed by atoms with Crippen LogP contribution in [0.3, 0.4) is 0 Å². The number of hydrazone groups is 1. The molecule has 0 saturated carbocycles. The summed E-state index contributed by atoms with van der Waals surface area (Å²) < 4.78 is 0. The molecule has 29 heavy (non-hydrogen) atoms. The first kappa shape index (κ1) is 20.0. The Balaban J connectivity index is 1.47. The number of rotatable bonds is 7. The van der Waals surface area contributed by atoms with Crippen LogP contribution in [0.5, 0.6) is 0 Å². The molecule has 5 nitrogen and oxygen atoms in total. The van der Waals surface area contributed by atoms with E-state index in [2.05, 4.69) is 15.8 Å². The molecule has 5 heteroatoms. The minimum atomic E-state index is -0.300. The van der Waals surface area contributed by atoms with Crippen LogP contribution in [0.25, 0.3) is 16.8 Å². The molecular weight excluding hydrogens is 362 g/mol. The van der Waals surface area contributed by atoms with Crippen LogP contribution in [0, 0.1) is 0 Å². The van der Waals surface area contributed by atoms with Crippen LogP contribution < -0.4 is 10.7 Å². The molecule has 146 valence electrons. The molecule has 0 spiro atoms. The van der Waals surface area contributed by atoms with Crippen LogP contribution in [-0.4, -0.2) is 17.5 Å². The van der Waals surface area contributed by atoms with Gasteiger partial charge >= 0.3 is 0 Å². The molecule has 2 amide bonds. The number of amides is 2. The van der Waals surface area contributed by atoms with Gasteiger partial charge in [0, 0.05) is 23.9 Å². The van der Waals surface area contributed by atoms with Gasteiger partial charge in [-0.2, -0.15) is 5.10 Å². The van der Waals surface area contributed by atoms with Crippen LogP contribution in [0.2, 0.25) is 0 Å². The number of carbonyl (C=O) groups is 2. The first-order valence-electron chi connectivity index (χ1n) is 9.46. The second kappa shape index (κ2) is 9.99. The van der Waals surface area contributed by atoms with Crippen molar-refractivity contribution in [1.82, 2.24) is 5.43 Å². The Morgan fingerprint density at radius 2 is 1.55 bits per heavy atom.